The lowest BCUT2D eigenvalue weighted by Crippen LogP contribution is -2.45. The van der Waals surface area contributed by atoms with Gasteiger partial charge in [0.05, 0.1) is 6.61 Å². The fourth-order valence-electron chi connectivity index (χ4n) is 3.49. The van der Waals surface area contributed by atoms with Gasteiger partial charge in [0.1, 0.15) is 24.2 Å². The van der Waals surface area contributed by atoms with Crippen LogP contribution in [0.1, 0.15) is 25.3 Å². The highest BCUT2D eigenvalue weighted by atomic mass is 16.5. The maximum absolute atomic E-state index is 10.2. The average Bonchev–Trinajstić information content (AvgIpc) is 2.74. The molecular weight excluding hydrogens is 352 g/mol. The SMILES string of the molecule is CCOc1ccc(OC[C@@H](O)CNC2CCN(Cc3ccccc3)CC2)cc1. The van der Waals surface area contributed by atoms with Gasteiger partial charge >= 0.3 is 0 Å². The van der Waals surface area contributed by atoms with Crippen LogP contribution in [0.4, 0.5) is 0 Å². The standard InChI is InChI=1S/C23H32N2O3/c1-2-27-22-8-10-23(11-9-22)28-18-21(26)16-24-20-12-14-25(15-13-20)17-19-6-4-3-5-7-19/h3-11,20-21,24,26H,2,12-18H2,1H3/t21-/m0/s1. The van der Waals surface area contributed by atoms with Crippen molar-refractivity contribution in [2.45, 2.75) is 38.5 Å². The van der Waals surface area contributed by atoms with Crippen LogP contribution < -0.4 is 14.8 Å². The number of ether oxygens (including phenoxy) is 2. The molecule has 1 saturated heterocycles. The molecule has 1 heterocycles. The van der Waals surface area contributed by atoms with Gasteiger partial charge in [-0.3, -0.25) is 4.90 Å². The van der Waals surface area contributed by atoms with Crippen LogP contribution >= 0.6 is 0 Å². The van der Waals surface area contributed by atoms with Gasteiger partial charge in [-0.05, 0) is 62.7 Å². The molecule has 1 atom stereocenters. The first-order chi connectivity index (χ1) is 13.7. The number of aliphatic hydroxyl groups is 1. The smallest absolute Gasteiger partial charge is 0.119 e. The zero-order valence-corrected chi connectivity index (χ0v) is 16.7. The molecule has 0 aromatic heterocycles. The second kappa shape index (κ2) is 11.1. The Morgan fingerprint density at radius 2 is 1.64 bits per heavy atom. The third kappa shape index (κ3) is 6.82. The van der Waals surface area contributed by atoms with E-state index in [1.165, 1.54) is 5.56 Å². The first-order valence-corrected chi connectivity index (χ1v) is 10.3. The van der Waals surface area contributed by atoms with Crippen LogP contribution in [-0.4, -0.2) is 55.0 Å². The molecule has 0 amide bonds. The highest BCUT2D eigenvalue weighted by Gasteiger charge is 2.19. The van der Waals surface area contributed by atoms with Gasteiger partial charge in [0.2, 0.25) is 0 Å². The van der Waals surface area contributed by atoms with E-state index < -0.39 is 6.10 Å². The molecule has 2 N–H and O–H groups in total. The largest absolute Gasteiger partial charge is 0.494 e. The number of hydrogen-bond donors (Lipinski definition) is 2. The highest BCUT2D eigenvalue weighted by molar-refractivity contribution is 5.31. The van der Waals surface area contributed by atoms with E-state index in [1.54, 1.807) is 0 Å². The average molecular weight is 385 g/mol. The van der Waals surface area contributed by atoms with Crippen molar-refractivity contribution in [3.8, 4) is 11.5 Å². The second-order valence-corrected chi connectivity index (χ2v) is 7.31. The van der Waals surface area contributed by atoms with Crippen LogP contribution in [0.15, 0.2) is 54.6 Å². The summed E-state index contributed by atoms with van der Waals surface area (Å²) in [5, 5.41) is 13.7. The molecule has 0 unspecified atom stereocenters. The highest BCUT2D eigenvalue weighted by Crippen LogP contribution is 2.18. The van der Waals surface area contributed by atoms with Gasteiger partial charge in [0.15, 0.2) is 0 Å². The monoisotopic (exact) mass is 384 g/mol. The minimum atomic E-state index is -0.520. The second-order valence-electron chi connectivity index (χ2n) is 7.31. The number of aliphatic hydroxyl groups excluding tert-OH is 1. The van der Waals surface area contributed by atoms with Crippen molar-refractivity contribution in [2.75, 3.05) is 32.8 Å². The van der Waals surface area contributed by atoms with Crippen LogP contribution in [0, 0.1) is 0 Å². The summed E-state index contributed by atoms with van der Waals surface area (Å²) in [6, 6.07) is 18.6. The Hall–Kier alpha value is -2.08. The Morgan fingerprint density at radius 3 is 2.29 bits per heavy atom. The van der Waals surface area contributed by atoms with Crippen molar-refractivity contribution < 1.29 is 14.6 Å². The quantitative estimate of drug-likeness (QED) is 0.659. The van der Waals surface area contributed by atoms with Gasteiger partial charge in [-0.1, -0.05) is 30.3 Å². The van der Waals surface area contributed by atoms with Crippen LogP contribution in [0.2, 0.25) is 0 Å². The van der Waals surface area contributed by atoms with Crippen LogP contribution in [-0.2, 0) is 6.54 Å². The van der Waals surface area contributed by atoms with Crippen molar-refractivity contribution >= 4 is 0 Å². The van der Waals surface area contributed by atoms with E-state index in [0.29, 0.717) is 19.2 Å². The summed E-state index contributed by atoms with van der Waals surface area (Å²) in [7, 11) is 0. The summed E-state index contributed by atoms with van der Waals surface area (Å²) in [4.78, 5) is 2.50. The molecule has 1 aliphatic rings. The molecule has 0 aliphatic carbocycles. The van der Waals surface area contributed by atoms with E-state index in [4.69, 9.17) is 9.47 Å². The number of benzene rings is 2. The maximum Gasteiger partial charge on any atom is 0.119 e. The number of hydrogen-bond acceptors (Lipinski definition) is 5. The Balaban J connectivity index is 1.30. The molecule has 0 radical (unpaired) electrons. The van der Waals surface area contributed by atoms with Gasteiger partial charge < -0.3 is 19.9 Å². The topological polar surface area (TPSA) is 54.0 Å². The van der Waals surface area contributed by atoms with Crippen molar-refractivity contribution in [1.29, 1.82) is 0 Å². The number of likely N-dealkylation sites (tertiary alicyclic amines) is 1. The summed E-state index contributed by atoms with van der Waals surface area (Å²) in [5.41, 5.74) is 1.37. The molecule has 0 saturated carbocycles. The molecule has 2 aromatic carbocycles. The Morgan fingerprint density at radius 1 is 1.00 bits per heavy atom. The van der Waals surface area contributed by atoms with E-state index >= 15 is 0 Å². The molecule has 3 rings (SSSR count). The lowest BCUT2D eigenvalue weighted by molar-refractivity contribution is 0.0979. The van der Waals surface area contributed by atoms with E-state index in [-0.39, 0.29) is 6.61 Å². The van der Waals surface area contributed by atoms with Gasteiger partial charge in [-0.25, -0.2) is 0 Å². The van der Waals surface area contributed by atoms with E-state index in [0.717, 1.165) is 44.0 Å². The lowest BCUT2D eigenvalue weighted by Gasteiger charge is -2.33. The van der Waals surface area contributed by atoms with Crippen LogP contribution in [0.25, 0.3) is 0 Å². The van der Waals surface area contributed by atoms with Crippen LogP contribution in [0.5, 0.6) is 11.5 Å². The van der Waals surface area contributed by atoms with Crippen molar-refractivity contribution in [1.82, 2.24) is 10.2 Å². The lowest BCUT2D eigenvalue weighted by atomic mass is 10.0. The molecule has 0 bridgehead atoms. The molecule has 5 heteroatoms. The number of piperidine rings is 1. The summed E-state index contributed by atoms with van der Waals surface area (Å²) in [5.74, 6) is 1.58. The van der Waals surface area contributed by atoms with Crippen LogP contribution in [0.3, 0.4) is 0 Å². The normalized spacial score (nSPS) is 16.6. The zero-order chi connectivity index (χ0) is 19.6. The van der Waals surface area contributed by atoms with Crippen molar-refractivity contribution in [2.24, 2.45) is 0 Å². The summed E-state index contributed by atoms with van der Waals surface area (Å²) in [6.45, 7) is 6.65. The van der Waals surface area contributed by atoms with Crippen molar-refractivity contribution in [3.63, 3.8) is 0 Å². The minimum absolute atomic E-state index is 0.286. The minimum Gasteiger partial charge on any atom is -0.494 e. The molecule has 28 heavy (non-hydrogen) atoms. The van der Waals surface area contributed by atoms with E-state index in [2.05, 4.69) is 40.5 Å². The predicted molar refractivity (Wildman–Crippen MR) is 112 cm³/mol. The zero-order valence-electron chi connectivity index (χ0n) is 16.7. The van der Waals surface area contributed by atoms with E-state index in [1.807, 2.05) is 31.2 Å². The number of rotatable bonds is 10. The maximum atomic E-state index is 10.2. The fourth-order valence-corrected chi connectivity index (χ4v) is 3.49. The van der Waals surface area contributed by atoms with Gasteiger partial charge in [0, 0.05) is 19.1 Å². The molecule has 152 valence electrons. The third-order valence-corrected chi connectivity index (χ3v) is 5.06. The fraction of sp³-hybridized carbons (Fsp3) is 0.478. The van der Waals surface area contributed by atoms with Gasteiger partial charge in [0.25, 0.3) is 0 Å². The molecule has 5 nitrogen and oxygen atoms in total. The number of nitrogens with zero attached hydrogens (tertiary/aromatic N) is 1. The Bertz CT molecular complexity index is 670. The predicted octanol–water partition coefficient (Wildman–Crippen LogP) is 3.08. The molecule has 2 aromatic rings. The van der Waals surface area contributed by atoms with Crippen molar-refractivity contribution in [3.05, 3.63) is 60.2 Å². The molecule has 1 aliphatic heterocycles. The van der Waals surface area contributed by atoms with E-state index in [9.17, 15) is 5.11 Å². The molecule has 0 spiro atoms. The summed E-state index contributed by atoms with van der Waals surface area (Å²) < 4.78 is 11.1. The first kappa shape index (κ1) is 20.6. The summed E-state index contributed by atoms with van der Waals surface area (Å²) in [6.07, 6.45) is 1.70. The summed E-state index contributed by atoms with van der Waals surface area (Å²) >= 11 is 0. The third-order valence-electron chi connectivity index (χ3n) is 5.06. The molecular formula is C23H32N2O3. The molecule has 1 fully saturated rings. The Labute approximate surface area is 168 Å². The Kier molecular flexibility index (Phi) is 8.15. The first-order valence-electron chi connectivity index (χ1n) is 10.3. The van der Waals surface area contributed by atoms with Gasteiger partial charge in [-0.2, -0.15) is 0 Å². The van der Waals surface area contributed by atoms with Gasteiger partial charge in [-0.15, -0.1) is 0 Å². The number of nitrogens with one attached hydrogen (secondary N) is 1.